The van der Waals surface area contributed by atoms with Gasteiger partial charge in [-0.1, -0.05) is 13.8 Å². The highest BCUT2D eigenvalue weighted by molar-refractivity contribution is 7.21. The Morgan fingerprint density at radius 2 is 2.14 bits per heavy atom. The number of aromatic nitrogens is 1. The number of nitrogens with zero attached hydrogens (tertiary/aromatic N) is 1. The topological polar surface area (TPSA) is 88.2 Å². The molecule has 0 bridgehead atoms. The molecule has 2 aromatic rings. The first kappa shape index (κ1) is 15.7. The predicted octanol–water partition coefficient (Wildman–Crippen LogP) is 2.24. The van der Waals surface area contributed by atoms with Crippen LogP contribution >= 0.6 is 11.3 Å². The van der Waals surface area contributed by atoms with Gasteiger partial charge in [-0.3, -0.25) is 9.78 Å². The summed E-state index contributed by atoms with van der Waals surface area (Å²) in [6.45, 7) is 8.00. The third kappa shape index (κ3) is 3.16. The molecular formula is C15H21N3O2S. The number of carbonyl (C=O) groups excluding carboxylic acids is 1. The van der Waals surface area contributed by atoms with Gasteiger partial charge in [-0.05, 0) is 19.9 Å². The standard InChI is InChI=1S/C15H21N3O2S/c1-8-5-10-11(9(2)18-8)12(16)13(21-10)14(20)17-6-15(3,4)7-19/h5,19H,6-7,16H2,1-4H3,(H,17,20). The lowest BCUT2D eigenvalue weighted by molar-refractivity contribution is 0.0916. The highest BCUT2D eigenvalue weighted by Gasteiger charge is 2.22. The molecule has 2 rings (SSSR count). The third-order valence-corrected chi connectivity index (χ3v) is 4.53. The van der Waals surface area contributed by atoms with Gasteiger partial charge in [0.25, 0.3) is 5.91 Å². The van der Waals surface area contributed by atoms with Gasteiger partial charge < -0.3 is 16.2 Å². The maximum absolute atomic E-state index is 12.3. The Morgan fingerprint density at radius 1 is 1.48 bits per heavy atom. The number of rotatable bonds is 4. The van der Waals surface area contributed by atoms with Gasteiger partial charge in [-0.25, -0.2) is 0 Å². The second-order valence-electron chi connectivity index (χ2n) is 6.07. The largest absolute Gasteiger partial charge is 0.397 e. The molecule has 0 aliphatic rings. The van der Waals surface area contributed by atoms with E-state index in [2.05, 4.69) is 10.3 Å². The van der Waals surface area contributed by atoms with Crippen LogP contribution in [0, 0.1) is 19.3 Å². The molecule has 0 saturated carbocycles. The fourth-order valence-corrected chi connectivity index (χ4v) is 3.29. The molecular weight excluding hydrogens is 286 g/mol. The molecule has 2 heterocycles. The molecule has 0 radical (unpaired) electrons. The minimum Gasteiger partial charge on any atom is -0.397 e. The molecule has 0 saturated heterocycles. The smallest absolute Gasteiger partial charge is 0.263 e. The molecule has 2 aromatic heterocycles. The minimum absolute atomic E-state index is 0.0113. The maximum atomic E-state index is 12.3. The van der Waals surface area contributed by atoms with Crippen LogP contribution in [0.2, 0.25) is 0 Å². The number of nitrogens with two attached hydrogens (primary N) is 1. The number of nitrogens with one attached hydrogen (secondary N) is 1. The second kappa shape index (κ2) is 5.61. The van der Waals surface area contributed by atoms with Crippen LogP contribution in [0.1, 0.15) is 34.9 Å². The van der Waals surface area contributed by atoms with Gasteiger partial charge in [0.15, 0.2) is 0 Å². The molecule has 0 atom stereocenters. The molecule has 0 unspecified atom stereocenters. The summed E-state index contributed by atoms with van der Waals surface area (Å²) in [5.41, 5.74) is 8.01. The second-order valence-corrected chi connectivity index (χ2v) is 7.12. The number of hydrogen-bond donors (Lipinski definition) is 3. The van der Waals surface area contributed by atoms with Gasteiger partial charge in [0.2, 0.25) is 0 Å². The van der Waals surface area contributed by atoms with Crippen LogP contribution in [0.3, 0.4) is 0 Å². The van der Waals surface area contributed by atoms with E-state index >= 15 is 0 Å². The lowest BCUT2D eigenvalue weighted by Gasteiger charge is -2.21. The van der Waals surface area contributed by atoms with Crippen molar-refractivity contribution < 1.29 is 9.90 Å². The van der Waals surface area contributed by atoms with Gasteiger partial charge in [0, 0.05) is 40.0 Å². The SMILES string of the molecule is Cc1cc2sc(C(=O)NCC(C)(C)CO)c(N)c2c(C)n1. The average molecular weight is 307 g/mol. The van der Waals surface area contributed by atoms with Crippen LogP contribution in [0.5, 0.6) is 0 Å². The maximum Gasteiger partial charge on any atom is 0.263 e. The van der Waals surface area contributed by atoms with E-state index in [1.165, 1.54) is 11.3 Å². The van der Waals surface area contributed by atoms with Gasteiger partial charge in [-0.15, -0.1) is 11.3 Å². The van der Waals surface area contributed by atoms with Crippen LogP contribution < -0.4 is 11.1 Å². The van der Waals surface area contributed by atoms with Gasteiger partial charge in [0.05, 0.1) is 5.69 Å². The molecule has 0 aliphatic heterocycles. The average Bonchev–Trinajstić information content (AvgIpc) is 2.73. The minimum atomic E-state index is -0.352. The summed E-state index contributed by atoms with van der Waals surface area (Å²) in [5, 5.41) is 12.9. The molecule has 1 amide bonds. The van der Waals surface area contributed by atoms with Crippen molar-refractivity contribution in [1.82, 2.24) is 10.3 Å². The normalized spacial score (nSPS) is 11.9. The molecule has 0 aliphatic carbocycles. The van der Waals surface area contributed by atoms with E-state index in [1.54, 1.807) is 0 Å². The molecule has 6 heteroatoms. The van der Waals surface area contributed by atoms with E-state index in [-0.39, 0.29) is 17.9 Å². The number of hydrogen-bond acceptors (Lipinski definition) is 5. The number of aryl methyl sites for hydroxylation is 2. The van der Waals surface area contributed by atoms with Crippen molar-refractivity contribution in [2.75, 3.05) is 18.9 Å². The Balaban J connectivity index is 2.32. The van der Waals surface area contributed by atoms with Gasteiger partial charge >= 0.3 is 0 Å². The highest BCUT2D eigenvalue weighted by Crippen LogP contribution is 2.35. The van der Waals surface area contributed by atoms with Crippen LogP contribution in [-0.4, -0.2) is 29.1 Å². The number of amides is 1. The summed E-state index contributed by atoms with van der Waals surface area (Å²) in [5.74, 6) is -0.202. The van der Waals surface area contributed by atoms with Crippen LogP contribution in [0.4, 0.5) is 5.69 Å². The van der Waals surface area contributed by atoms with Crippen molar-refractivity contribution in [2.24, 2.45) is 5.41 Å². The summed E-state index contributed by atoms with van der Waals surface area (Å²) in [4.78, 5) is 17.2. The number of pyridine rings is 1. The van der Waals surface area contributed by atoms with Crippen LogP contribution in [0.25, 0.3) is 10.1 Å². The lowest BCUT2D eigenvalue weighted by Crippen LogP contribution is -2.35. The number of nitrogen functional groups attached to an aromatic ring is 1. The number of fused-ring (bicyclic) bond motifs is 1. The zero-order chi connectivity index (χ0) is 15.8. The number of thiophene rings is 1. The summed E-state index contributed by atoms with van der Waals surface area (Å²) >= 11 is 1.38. The van der Waals surface area contributed by atoms with Crippen molar-refractivity contribution in [3.63, 3.8) is 0 Å². The van der Waals surface area contributed by atoms with Crippen molar-refractivity contribution >= 4 is 33.0 Å². The summed E-state index contributed by atoms with van der Waals surface area (Å²) in [6.07, 6.45) is 0. The lowest BCUT2D eigenvalue weighted by atomic mass is 9.95. The van der Waals surface area contributed by atoms with Crippen molar-refractivity contribution in [3.8, 4) is 0 Å². The third-order valence-electron chi connectivity index (χ3n) is 3.38. The number of carbonyl (C=O) groups is 1. The Hall–Kier alpha value is -1.66. The Bertz CT molecular complexity index is 692. The molecule has 0 fully saturated rings. The molecule has 0 aromatic carbocycles. The Labute approximate surface area is 128 Å². The monoisotopic (exact) mass is 307 g/mol. The zero-order valence-corrected chi connectivity index (χ0v) is 13.6. The fourth-order valence-electron chi connectivity index (χ4n) is 2.10. The molecule has 5 nitrogen and oxygen atoms in total. The number of aliphatic hydroxyl groups excluding tert-OH is 1. The molecule has 4 N–H and O–H groups in total. The van der Waals surface area contributed by atoms with E-state index in [4.69, 9.17) is 5.73 Å². The Kier molecular flexibility index (Phi) is 4.20. The number of anilines is 1. The first-order valence-corrected chi connectivity index (χ1v) is 7.62. The summed E-state index contributed by atoms with van der Waals surface area (Å²) < 4.78 is 0.976. The van der Waals surface area contributed by atoms with Crippen LogP contribution in [0.15, 0.2) is 6.07 Å². The molecule has 114 valence electrons. The van der Waals surface area contributed by atoms with E-state index < -0.39 is 0 Å². The van der Waals surface area contributed by atoms with E-state index in [0.717, 1.165) is 21.5 Å². The predicted molar refractivity (Wildman–Crippen MR) is 86.7 cm³/mol. The first-order valence-electron chi connectivity index (χ1n) is 6.80. The summed E-state index contributed by atoms with van der Waals surface area (Å²) in [6, 6.07) is 1.94. The first-order chi connectivity index (χ1) is 9.75. The van der Waals surface area contributed by atoms with Gasteiger partial charge in [0.1, 0.15) is 4.88 Å². The van der Waals surface area contributed by atoms with Crippen molar-refractivity contribution in [3.05, 3.63) is 22.3 Å². The fraction of sp³-hybridized carbons (Fsp3) is 0.467. The molecule has 21 heavy (non-hydrogen) atoms. The van der Waals surface area contributed by atoms with Gasteiger partial charge in [-0.2, -0.15) is 0 Å². The molecule has 0 spiro atoms. The highest BCUT2D eigenvalue weighted by atomic mass is 32.1. The van der Waals surface area contributed by atoms with Crippen molar-refractivity contribution in [1.29, 1.82) is 0 Å². The summed E-state index contributed by atoms with van der Waals surface area (Å²) in [7, 11) is 0. The zero-order valence-electron chi connectivity index (χ0n) is 12.8. The quantitative estimate of drug-likeness (QED) is 0.808. The van der Waals surface area contributed by atoms with E-state index in [1.807, 2.05) is 33.8 Å². The van der Waals surface area contributed by atoms with Crippen LogP contribution in [-0.2, 0) is 0 Å². The Morgan fingerprint density at radius 3 is 2.76 bits per heavy atom. The van der Waals surface area contributed by atoms with E-state index in [0.29, 0.717) is 17.1 Å². The van der Waals surface area contributed by atoms with Crippen molar-refractivity contribution in [2.45, 2.75) is 27.7 Å². The number of aliphatic hydroxyl groups is 1. The van der Waals surface area contributed by atoms with E-state index in [9.17, 15) is 9.90 Å².